The third kappa shape index (κ3) is 5.41. The standard InChI is InChI=1S/C30H36N4O3/c1-29(2,3)23-11-9-22(10-12-23)21-34-20-17-30(37-26-8-6-5-7-25(26)34)15-18-33(19-16-30)27-14-13-24(31-32-27)28(35)36-4/h5-14H,15-21H2,1-4H3. The maximum Gasteiger partial charge on any atom is 0.358 e. The maximum absolute atomic E-state index is 11.7. The van der Waals surface area contributed by atoms with Gasteiger partial charge >= 0.3 is 5.97 Å². The first kappa shape index (κ1) is 25.1. The summed E-state index contributed by atoms with van der Waals surface area (Å²) in [6.45, 7) is 10.2. The lowest BCUT2D eigenvalue weighted by Gasteiger charge is -2.41. The number of rotatable bonds is 4. The molecule has 0 radical (unpaired) electrons. The van der Waals surface area contributed by atoms with Crippen LogP contribution in [0.4, 0.5) is 11.5 Å². The number of aromatic nitrogens is 2. The lowest BCUT2D eigenvalue weighted by Crippen LogP contribution is -2.49. The van der Waals surface area contributed by atoms with Crippen LogP contribution in [0.3, 0.4) is 0 Å². The Labute approximate surface area is 219 Å². The Bertz CT molecular complexity index is 1230. The Morgan fingerprint density at radius 2 is 1.65 bits per heavy atom. The number of carbonyl (C=O) groups excluding carboxylic acids is 1. The average molecular weight is 501 g/mol. The van der Waals surface area contributed by atoms with Crippen molar-refractivity contribution in [2.75, 3.05) is 36.5 Å². The monoisotopic (exact) mass is 500 g/mol. The van der Waals surface area contributed by atoms with Crippen LogP contribution in [-0.4, -0.2) is 48.5 Å². The predicted molar refractivity (Wildman–Crippen MR) is 145 cm³/mol. The second-order valence-corrected chi connectivity index (χ2v) is 11.1. The van der Waals surface area contributed by atoms with Gasteiger partial charge in [-0.15, -0.1) is 10.2 Å². The highest BCUT2D eigenvalue weighted by molar-refractivity contribution is 5.87. The number of para-hydroxylation sites is 2. The fraction of sp³-hybridized carbons (Fsp3) is 0.433. The minimum Gasteiger partial charge on any atom is -0.485 e. The molecule has 37 heavy (non-hydrogen) atoms. The van der Waals surface area contributed by atoms with Crippen LogP contribution in [0.1, 0.15) is 61.6 Å². The van der Waals surface area contributed by atoms with Crippen molar-refractivity contribution in [3.8, 4) is 5.75 Å². The highest BCUT2D eigenvalue weighted by Gasteiger charge is 2.40. The minimum absolute atomic E-state index is 0.151. The van der Waals surface area contributed by atoms with Gasteiger partial charge in [-0.25, -0.2) is 4.79 Å². The number of nitrogens with zero attached hydrogens (tertiary/aromatic N) is 4. The zero-order chi connectivity index (χ0) is 26.0. The van der Waals surface area contributed by atoms with Gasteiger partial charge in [0.15, 0.2) is 11.5 Å². The molecule has 7 heteroatoms. The van der Waals surface area contributed by atoms with Crippen molar-refractivity contribution in [3.05, 3.63) is 77.5 Å². The van der Waals surface area contributed by atoms with Gasteiger partial charge in [0, 0.05) is 45.4 Å². The number of esters is 1. The fourth-order valence-corrected chi connectivity index (χ4v) is 5.25. The molecule has 0 aliphatic carbocycles. The molecule has 2 aromatic carbocycles. The number of ether oxygens (including phenoxy) is 2. The van der Waals surface area contributed by atoms with Crippen LogP contribution in [0, 0.1) is 0 Å². The van der Waals surface area contributed by atoms with Gasteiger partial charge in [-0.2, -0.15) is 0 Å². The van der Waals surface area contributed by atoms with Crippen molar-refractivity contribution < 1.29 is 14.3 Å². The van der Waals surface area contributed by atoms with Crippen LogP contribution in [0.15, 0.2) is 60.7 Å². The molecule has 1 saturated heterocycles. The summed E-state index contributed by atoms with van der Waals surface area (Å²) in [4.78, 5) is 16.3. The van der Waals surface area contributed by atoms with Crippen molar-refractivity contribution in [1.29, 1.82) is 0 Å². The zero-order valence-electron chi connectivity index (χ0n) is 22.2. The number of benzene rings is 2. The summed E-state index contributed by atoms with van der Waals surface area (Å²) in [6.07, 6.45) is 2.76. The molecule has 0 N–H and O–H groups in total. The molecule has 1 spiro atoms. The van der Waals surface area contributed by atoms with Gasteiger partial charge < -0.3 is 19.3 Å². The molecule has 194 valence electrons. The van der Waals surface area contributed by atoms with Crippen LogP contribution in [0.5, 0.6) is 5.75 Å². The summed E-state index contributed by atoms with van der Waals surface area (Å²) < 4.78 is 11.5. The molecule has 0 saturated carbocycles. The normalized spacial score (nSPS) is 17.1. The van der Waals surface area contributed by atoms with E-state index in [1.807, 2.05) is 6.07 Å². The quantitative estimate of drug-likeness (QED) is 0.445. The van der Waals surface area contributed by atoms with Crippen molar-refractivity contribution in [3.63, 3.8) is 0 Å². The van der Waals surface area contributed by atoms with Gasteiger partial charge in [0.2, 0.25) is 0 Å². The van der Waals surface area contributed by atoms with Crippen molar-refractivity contribution in [2.24, 2.45) is 0 Å². The van der Waals surface area contributed by atoms with Gasteiger partial charge in [0.25, 0.3) is 0 Å². The Balaban J connectivity index is 1.29. The lowest BCUT2D eigenvalue weighted by atomic mass is 9.86. The van der Waals surface area contributed by atoms with Crippen LogP contribution in [0.25, 0.3) is 0 Å². The molecule has 7 nitrogen and oxygen atoms in total. The molecular formula is C30H36N4O3. The highest BCUT2D eigenvalue weighted by atomic mass is 16.5. The molecule has 0 bridgehead atoms. The fourth-order valence-electron chi connectivity index (χ4n) is 5.25. The van der Waals surface area contributed by atoms with Gasteiger partial charge in [-0.1, -0.05) is 57.2 Å². The largest absolute Gasteiger partial charge is 0.485 e. The number of fused-ring (bicyclic) bond motifs is 1. The molecule has 3 heterocycles. The number of hydrogen-bond donors (Lipinski definition) is 0. The number of methoxy groups -OCH3 is 1. The molecule has 1 aromatic heterocycles. The Morgan fingerprint density at radius 3 is 2.30 bits per heavy atom. The first-order valence-electron chi connectivity index (χ1n) is 13.1. The number of anilines is 2. The van der Waals surface area contributed by atoms with Crippen LogP contribution in [-0.2, 0) is 16.7 Å². The summed E-state index contributed by atoms with van der Waals surface area (Å²) in [7, 11) is 1.34. The molecular weight excluding hydrogens is 464 g/mol. The minimum atomic E-state index is -0.475. The van der Waals surface area contributed by atoms with E-state index in [9.17, 15) is 4.79 Å². The summed E-state index contributed by atoms with van der Waals surface area (Å²) in [5.74, 6) is 1.26. The SMILES string of the molecule is COC(=O)c1ccc(N2CCC3(CC2)CCN(Cc2ccc(C(C)(C)C)cc2)c2ccccc2O3)nn1. The van der Waals surface area contributed by atoms with Crippen LogP contribution < -0.4 is 14.5 Å². The predicted octanol–water partition coefficient (Wildman–Crippen LogP) is 5.39. The number of piperidine rings is 1. The van der Waals surface area contributed by atoms with Gasteiger partial charge in [0.05, 0.1) is 12.8 Å². The van der Waals surface area contributed by atoms with E-state index in [0.717, 1.165) is 62.7 Å². The van der Waals surface area contributed by atoms with E-state index in [4.69, 9.17) is 9.47 Å². The highest BCUT2D eigenvalue weighted by Crippen LogP contribution is 2.41. The van der Waals surface area contributed by atoms with E-state index in [2.05, 4.69) is 89.3 Å². The molecule has 2 aliphatic heterocycles. The van der Waals surface area contributed by atoms with E-state index in [0.29, 0.717) is 0 Å². The molecule has 3 aromatic rings. The van der Waals surface area contributed by atoms with Crippen LogP contribution >= 0.6 is 0 Å². The third-order valence-corrected chi connectivity index (χ3v) is 7.61. The topological polar surface area (TPSA) is 67.8 Å². The first-order valence-corrected chi connectivity index (χ1v) is 13.1. The zero-order valence-corrected chi connectivity index (χ0v) is 22.2. The first-order chi connectivity index (χ1) is 17.8. The summed E-state index contributed by atoms with van der Waals surface area (Å²) in [5.41, 5.74) is 3.98. The summed E-state index contributed by atoms with van der Waals surface area (Å²) in [5, 5.41) is 8.30. The van der Waals surface area contributed by atoms with Crippen LogP contribution in [0.2, 0.25) is 0 Å². The van der Waals surface area contributed by atoms with E-state index in [1.165, 1.54) is 18.2 Å². The molecule has 2 aliphatic rings. The van der Waals surface area contributed by atoms with Crippen molar-refractivity contribution in [1.82, 2.24) is 10.2 Å². The smallest absolute Gasteiger partial charge is 0.358 e. The molecule has 0 unspecified atom stereocenters. The maximum atomic E-state index is 11.7. The molecule has 0 amide bonds. The third-order valence-electron chi connectivity index (χ3n) is 7.61. The molecule has 0 atom stereocenters. The van der Waals surface area contributed by atoms with Gasteiger partial charge in [-0.3, -0.25) is 0 Å². The van der Waals surface area contributed by atoms with E-state index >= 15 is 0 Å². The number of carbonyl (C=O) groups is 1. The average Bonchev–Trinajstić information content (AvgIpc) is 3.05. The Morgan fingerprint density at radius 1 is 0.946 bits per heavy atom. The van der Waals surface area contributed by atoms with E-state index < -0.39 is 5.97 Å². The summed E-state index contributed by atoms with van der Waals surface area (Å²) >= 11 is 0. The van der Waals surface area contributed by atoms with E-state index in [1.54, 1.807) is 6.07 Å². The van der Waals surface area contributed by atoms with E-state index in [-0.39, 0.29) is 16.7 Å². The second-order valence-electron chi connectivity index (χ2n) is 11.1. The van der Waals surface area contributed by atoms with Crippen molar-refractivity contribution in [2.45, 2.75) is 57.6 Å². The van der Waals surface area contributed by atoms with Crippen molar-refractivity contribution >= 4 is 17.5 Å². The Kier molecular flexibility index (Phi) is 6.80. The Hall–Kier alpha value is -3.61. The molecule has 5 rings (SSSR count). The van der Waals surface area contributed by atoms with Gasteiger partial charge in [-0.05, 0) is 40.8 Å². The van der Waals surface area contributed by atoms with Gasteiger partial charge in [0.1, 0.15) is 11.4 Å². The lowest BCUT2D eigenvalue weighted by molar-refractivity contribution is 0.0410. The molecule has 1 fully saturated rings. The second kappa shape index (κ2) is 10.0. The summed E-state index contributed by atoms with van der Waals surface area (Å²) in [6, 6.07) is 21.0. The number of hydrogen-bond acceptors (Lipinski definition) is 7.